The van der Waals surface area contributed by atoms with Crippen molar-refractivity contribution < 1.29 is 19.1 Å². The van der Waals surface area contributed by atoms with E-state index in [2.05, 4.69) is 25.6 Å². The molecule has 0 aromatic carbocycles. The van der Waals surface area contributed by atoms with E-state index < -0.39 is 17.7 Å². The van der Waals surface area contributed by atoms with Crippen molar-refractivity contribution in [2.24, 2.45) is 5.92 Å². The lowest BCUT2D eigenvalue weighted by Gasteiger charge is -2.15. The number of nitrogens with one attached hydrogen (secondary N) is 1. The molecule has 142 valence electrons. The maximum Gasteiger partial charge on any atom is 0.337 e. The number of aromatic carboxylic acids is 1. The highest BCUT2D eigenvalue weighted by molar-refractivity contribution is 5.94. The van der Waals surface area contributed by atoms with E-state index in [1.807, 2.05) is 0 Å². The number of aromatic nitrogens is 5. The minimum Gasteiger partial charge on any atom is -0.478 e. The molecule has 2 N–H and O–H groups in total. The number of halogens is 1. The van der Waals surface area contributed by atoms with Crippen molar-refractivity contribution >= 4 is 11.9 Å². The van der Waals surface area contributed by atoms with Crippen LogP contribution in [-0.2, 0) is 0 Å². The van der Waals surface area contributed by atoms with Crippen LogP contribution in [0.3, 0.4) is 0 Å². The van der Waals surface area contributed by atoms with Gasteiger partial charge in [0, 0.05) is 12.4 Å². The van der Waals surface area contributed by atoms with Crippen LogP contribution in [0.2, 0.25) is 0 Å². The van der Waals surface area contributed by atoms with Gasteiger partial charge >= 0.3 is 5.97 Å². The maximum absolute atomic E-state index is 13.3. The fourth-order valence-electron chi connectivity index (χ4n) is 2.84. The van der Waals surface area contributed by atoms with Crippen LogP contribution in [0.5, 0.6) is 0 Å². The zero-order chi connectivity index (χ0) is 19.7. The predicted molar refractivity (Wildman–Crippen MR) is 93.2 cm³/mol. The fraction of sp³-hybridized carbons (Fsp3) is 0.222. The Kier molecular flexibility index (Phi) is 4.52. The summed E-state index contributed by atoms with van der Waals surface area (Å²) in [5.74, 6) is -1.93. The highest BCUT2D eigenvalue weighted by Gasteiger charge is 2.35. The van der Waals surface area contributed by atoms with Crippen LogP contribution in [0.4, 0.5) is 4.39 Å². The minimum atomic E-state index is -1.10. The summed E-state index contributed by atoms with van der Waals surface area (Å²) in [7, 11) is 0. The van der Waals surface area contributed by atoms with Crippen LogP contribution in [-0.4, -0.2) is 41.9 Å². The van der Waals surface area contributed by atoms with Crippen LogP contribution in [0.1, 0.15) is 45.3 Å². The zero-order valence-corrected chi connectivity index (χ0v) is 14.5. The van der Waals surface area contributed by atoms with Gasteiger partial charge in [-0.25, -0.2) is 13.9 Å². The van der Waals surface area contributed by atoms with Crippen molar-refractivity contribution in [2.45, 2.75) is 18.9 Å². The lowest BCUT2D eigenvalue weighted by molar-refractivity contribution is 0.0696. The standard InChI is InChI=1S/C18H15FN6O3/c19-13-3-11(5-20-7-13)17(26)22-16(10-1-2-10)15-9-25(24-23-15)14-4-12(18(27)28)6-21-8-14/h3-10,16H,1-2H2,(H,22,26)(H,27,28). The molecule has 1 fully saturated rings. The molecule has 0 radical (unpaired) electrons. The molecule has 0 saturated heterocycles. The Bertz CT molecular complexity index is 1050. The van der Waals surface area contributed by atoms with Crippen LogP contribution in [0, 0.1) is 11.7 Å². The third kappa shape index (κ3) is 3.70. The summed E-state index contributed by atoms with van der Waals surface area (Å²) >= 11 is 0. The SMILES string of the molecule is O=C(O)c1cncc(-n2cc(C(NC(=O)c3cncc(F)c3)C3CC3)nn2)c1. The minimum absolute atomic E-state index is 0.0280. The molecule has 9 nitrogen and oxygen atoms in total. The van der Waals surface area contributed by atoms with E-state index >= 15 is 0 Å². The zero-order valence-electron chi connectivity index (χ0n) is 14.5. The highest BCUT2D eigenvalue weighted by atomic mass is 19.1. The Labute approximate surface area is 158 Å². The number of nitrogens with zero attached hydrogens (tertiary/aromatic N) is 5. The molecule has 3 heterocycles. The molecule has 10 heteroatoms. The summed E-state index contributed by atoms with van der Waals surface area (Å²) in [6, 6.07) is 2.16. The molecule has 0 spiro atoms. The van der Waals surface area contributed by atoms with Crippen LogP contribution < -0.4 is 5.32 Å². The first-order valence-electron chi connectivity index (χ1n) is 8.53. The van der Waals surface area contributed by atoms with E-state index in [4.69, 9.17) is 5.11 Å². The van der Waals surface area contributed by atoms with Gasteiger partial charge in [-0.2, -0.15) is 0 Å². The Morgan fingerprint density at radius 2 is 1.89 bits per heavy atom. The molecule has 0 bridgehead atoms. The van der Waals surface area contributed by atoms with E-state index in [9.17, 15) is 14.0 Å². The third-order valence-corrected chi connectivity index (χ3v) is 4.41. The van der Waals surface area contributed by atoms with Crippen molar-refractivity contribution in [1.29, 1.82) is 0 Å². The summed E-state index contributed by atoms with van der Waals surface area (Å²) in [5, 5.41) is 20.1. The number of amides is 1. The predicted octanol–water partition coefficient (Wildman–Crippen LogP) is 1.78. The van der Waals surface area contributed by atoms with Crippen LogP contribution >= 0.6 is 0 Å². The first-order chi connectivity index (χ1) is 13.5. The molecule has 3 aromatic rings. The molecule has 1 aliphatic carbocycles. The van der Waals surface area contributed by atoms with Gasteiger partial charge in [-0.3, -0.25) is 14.8 Å². The maximum atomic E-state index is 13.3. The average Bonchev–Trinajstić information content (AvgIpc) is 3.42. The summed E-state index contributed by atoms with van der Waals surface area (Å²) < 4.78 is 14.7. The van der Waals surface area contributed by atoms with Crippen LogP contribution in [0.15, 0.2) is 43.1 Å². The number of hydrogen-bond donors (Lipinski definition) is 2. The quantitative estimate of drug-likeness (QED) is 0.666. The second-order valence-corrected chi connectivity index (χ2v) is 6.51. The van der Waals surface area contributed by atoms with E-state index in [0.29, 0.717) is 11.4 Å². The van der Waals surface area contributed by atoms with Gasteiger partial charge in [-0.1, -0.05) is 5.21 Å². The van der Waals surface area contributed by atoms with Gasteiger partial charge in [-0.15, -0.1) is 5.10 Å². The summed E-state index contributed by atoms with van der Waals surface area (Å²) in [6.07, 6.45) is 8.50. The Hall–Kier alpha value is -3.69. The van der Waals surface area contributed by atoms with Crippen molar-refractivity contribution in [3.05, 3.63) is 65.8 Å². The molecule has 4 rings (SSSR count). The molecule has 1 aliphatic rings. The number of carboxylic acids is 1. The van der Waals surface area contributed by atoms with Crippen molar-refractivity contribution in [1.82, 2.24) is 30.3 Å². The summed E-state index contributed by atoms with van der Waals surface area (Å²) in [6.45, 7) is 0. The summed E-state index contributed by atoms with van der Waals surface area (Å²) in [4.78, 5) is 31.2. The van der Waals surface area contributed by atoms with Gasteiger partial charge in [0.1, 0.15) is 11.5 Å². The molecule has 28 heavy (non-hydrogen) atoms. The lowest BCUT2D eigenvalue weighted by atomic mass is 10.1. The molecule has 1 saturated carbocycles. The van der Waals surface area contributed by atoms with Gasteiger partial charge in [0.05, 0.1) is 41.4 Å². The average molecular weight is 382 g/mol. The van der Waals surface area contributed by atoms with E-state index in [1.54, 1.807) is 6.20 Å². The Morgan fingerprint density at radius 1 is 1.14 bits per heavy atom. The Morgan fingerprint density at radius 3 is 2.61 bits per heavy atom. The number of hydrogen-bond acceptors (Lipinski definition) is 6. The van der Waals surface area contributed by atoms with Crippen molar-refractivity contribution in [3.8, 4) is 5.69 Å². The summed E-state index contributed by atoms with van der Waals surface area (Å²) in [5.41, 5.74) is 1.12. The molecular weight excluding hydrogens is 367 g/mol. The first kappa shape index (κ1) is 17.7. The molecule has 1 unspecified atom stereocenters. The van der Waals surface area contributed by atoms with Gasteiger partial charge < -0.3 is 10.4 Å². The van der Waals surface area contributed by atoms with Crippen LogP contribution in [0.25, 0.3) is 5.69 Å². The van der Waals surface area contributed by atoms with E-state index in [-0.39, 0.29) is 23.1 Å². The molecule has 1 amide bonds. The van der Waals surface area contributed by atoms with Gasteiger partial charge in [0.25, 0.3) is 5.91 Å². The lowest BCUT2D eigenvalue weighted by Crippen LogP contribution is -2.30. The highest BCUT2D eigenvalue weighted by Crippen LogP contribution is 2.40. The topological polar surface area (TPSA) is 123 Å². The van der Waals surface area contributed by atoms with Crippen molar-refractivity contribution in [2.75, 3.05) is 0 Å². The Balaban J connectivity index is 1.57. The van der Waals surface area contributed by atoms with Gasteiger partial charge in [-0.05, 0) is 30.9 Å². The molecule has 0 aliphatic heterocycles. The smallest absolute Gasteiger partial charge is 0.337 e. The van der Waals surface area contributed by atoms with E-state index in [0.717, 1.165) is 25.1 Å². The monoisotopic (exact) mass is 382 g/mol. The number of rotatable bonds is 6. The fourth-order valence-corrected chi connectivity index (χ4v) is 2.84. The van der Waals surface area contributed by atoms with Gasteiger partial charge in [0.15, 0.2) is 0 Å². The number of carbonyl (C=O) groups is 2. The molecule has 3 aromatic heterocycles. The second-order valence-electron chi connectivity index (χ2n) is 6.51. The van der Waals surface area contributed by atoms with E-state index in [1.165, 1.54) is 29.3 Å². The van der Waals surface area contributed by atoms with Crippen molar-refractivity contribution in [3.63, 3.8) is 0 Å². The number of carboxylic acid groups (broad SMARTS) is 1. The number of carbonyl (C=O) groups excluding carboxylic acids is 1. The van der Waals surface area contributed by atoms with Gasteiger partial charge in [0.2, 0.25) is 0 Å². The largest absolute Gasteiger partial charge is 0.478 e. The third-order valence-electron chi connectivity index (χ3n) is 4.41. The number of pyridine rings is 2. The molecular formula is C18H15FN6O3. The normalized spacial score (nSPS) is 14.5. The second kappa shape index (κ2) is 7.14. The first-order valence-corrected chi connectivity index (χ1v) is 8.53. The molecule has 1 atom stereocenters.